The zero-order valence-corrected chi connectivity index (χ0v) is 20.7. The monoisotopic (exact) mass is 505 g/mol. The minimum Gasteiger partial charge on any atom is -0.464 e. The number of ketones is 1. The van der Waals surface area contributed by atoms with Crippen LogP contribution in [-0.2, 0) is 17.8 Å². The van der Waals surface area contributed by atoms with Crippen LogP contribution in [0.2, 0.25) is 0 Å². The number of hydrogen-bond acceptors (Lipinski definition) is 9. The van der Waals surface area contributed by atoms with Gasteiger partial charge in [-0.25, -0.2) is 19.0 Å². The predicted octanol–water partition coefficient (Wildman–Crippen LogP) is 3.07. The highest BCUT2D eigenvalue weighted by Crippen LogP contribution is 2.30. The van der Waals surface area contributed by atoms with Gasteiger partial charge in [0.2, 0.25) is 5.95 Å². The molecule has 0 radical (unpaired) electrons. The fourth-order valence-corrected chi connectivity index (χ4v) is 4.63. The smallest absolute Gasteiger partial charge is 0.416 e. The number of carbonyl (C=O) groups excluding carboxylic acids is 1. The maximum Gasteiger partial charge on any atom is 0.416 e. The van der Waals surface area contributed by atoms with Gasteiger partial charge in [-0.05, 0) is 38.5 Å². The first kappa shape index (κ1) is 24.6. The largest absolute Gasteiger partial charge is 0.464 e. The number of Topliss-reactive ketones (excluding diaryl/α,β-unsaturated/α-hetero) is 1. The van der Waals surface area contributed by atoms with Crippen molar-refractivity contribution in [2.45, 2.75) is 39.8 Å². The van der Waals surface area contributed by atoms with Crippen LogP contribution in [0, 0.1) is 6.92 Å². The van der Waals surface area contributed by atoms with Crippen LogP contribution in [0.5, 0.6) is 0 Å². The summed E-state index contributed by atoms with van der Waals surface area (Å²) < 4.78 is 2.82. The van der Waals surface area contributed by atoms with Crippen molar-refractivity contribution < 1.29 is 24.6 Å². The number of nitrogens with one attached hydrogen (secondary N) is 1. The highest BCUT2D eigenvalue weighted by Gasteiger charge is 2.24. The van der Waals surface area contributed by atoms with Crippen molar-refractivity contribution in [3.8, 4) is 5.82 Å². The summed E-state index contributed by atoms with van der Waals surface area (Å²) in [5.74, 6) is 0.663. The second-order valence-electron chi connectivity index (χ2n) is 8.90. The number of carbonyl (C=O) groups is 2. The molecule has 12 heteroatoms. The highest BCUT2D eigenvalue weighted by molar-refractivity contribution is 6.11. The van der Waals surface area contributed by atoms with Crippen LogP contribution in [0.1, 0.15) is 41.2 Å². The van der Waals surface area contributed by atoms with Crippen molar-refractivity contribution in [1.29, 1.82) is 0 Å². The lowest BCUT2D eigenvalue weighted by Crippen LogP contribution is -2.20. The first-order valence-electron chi connectivity index (χ1n) is 11.9. The Bertz CT molecular complexity index is 1510. The fourth-order valence-electron chi connectivity index (χ4n) is 4.63. The maximum absolute atomic E-state index is 12.4. The maximum atomic E-state index is 12.4. The minimum atomic E-state index is -1.13. The van der Waals surface area contributed by atoms with Gasteiger partial charge < -0.3 is 15.5 Å². The molecule has 3 aromatic heterocycles. The fraction of sp³-hybridized carbons (Fsp3) is 0.320. The predicted molar refractivity (Wildman–Crippen MR) is 134 cm³/mol. The van der Waals surface area contributed by atoms with Gasteiger partial charge in [0.05, 0.1) is 37.0 Å². The van der Waals surface area contributed by atoms with Crippen LogP contribution in [0.25, 0.3) is 16.7 Å². The normalized spacial score (nSPS) is 15.9. The van der Waals surface area contributed by atoms with Gasteiger partial charge in [-0.3, -0.25) is 9.63 Å². The van der Waals surface area contributed by atoms with Crippen molar-refractivity contribution in [2.75, 3.05) is 18.5 Å². The third kappa shape index (κ3) is 4.69. The number of benzene rings is 1. The van der Waals surface area contributed by atoms with E-state index in [9.17, 15) is 19.8 Å². The molecule has 1 aliphatic heterocycles. The van der Waals surface area contributed by atoms with Gasteiger partial charge in [-0.2, -0.15) is 15.1 Å². The summed E-state index contributed by atoms with van der Waals surface area (Å²) in [6.07, 6.45) is 2.25. The molecule has 1 atom stereocenters. The SMILES string of the molecule is CCc1c(C(C)=O)c2cc(Nc3nccc(-n4cc(CN5C[C@H](O)CO5)c(C)n4)n3)ccc2n1C(=O)O. The molecule has 3 N–H and O–H groups in total. The Morgan fingerprint density at radius 3 is 2.76 bits per heavy atom. The molecule has 0 saturated carbocycles. The standard InChI is InChI=1S/C25H27N7O5/c1-4-20-23(15(3)33)19-9-17(5-6-21(19)32(20)25(35)36)27-24-26-8-7-22(28-24)31-11-16(14(2)29-31)10-30-12-18(34)13-37-30/h5-9,11,18,34H,4,10,12-13H2,1-3H3,(H,35,36)(H,26,27,28)/t18-/m0/s1. The molecule has 0 bridgehead atoms. The van der Waals surface area contributed by atoms with E-state index in [1.165, 1.54) is 11.5 Å². The molecule has 192 valence electrons. The number of nitrogens with zero attached hydrogens (tertiary/aromatic N) is 6. The van der Waals surface area contributed by atoms with Gasteiger partial charge in [-0.15, -0.1) is 0 Å². The molecule has 1 fully saturated rings. The molecule has 5 rings (SSSR count). The quantitative estimate of drug-likeness (QED) is 0.320. The Labute approximate surface area is 212 Å². The summed E-state index contributed by atoms with van der Waals surface area (Å²) in [7, 11) is 0. The lowest BCUT2D eigenvalue weighted by Gasteiger charge is -2.12. The van der Waals surface area contributed by atoms with Crippen LogP contribution in [0.3, 0.4) is 0 Å². The average molecular weight is 506 g/mol. The van der Waals surface area contributed by atoms with E-state index >= 15 is 0 Å². The number of aliphatic hydroxyl groups excluding tert-OH is 1. The van der Waals surface area contributed by atoms with Gasteiger partial charge in [0, 0.05) is 46.4 Å². The first-order valence-corrected chi connectivity index (χ1v) is 11.9. The lowest BCUT2D eigenvalue weighted by atomic mass is 10.1. The van der Waals surface area contributed by atoms with Crippen LogP contribution in [0.15, 0.2) is 36.7 Å². The summed E-state index contributed by atoms with van der Waals surface area (Å²) in [5, 5.41) is 29.4. The van der Waals surface area contributed by atoms with E-state index in [0.29, 0.717) is 59.1 Å². The molecular formula is C25H27N7O5. The number of aryl methyl sites for hydroxylation is 1. The van der Waals surface area contributed by atoms with Crippen LogP contribution in [0.4, 0.5) is 16.4 Å². The molecule has 37 heavy (non-hydrogen) atoms. The van der Waals surface area contributed by atoms with E-state index in [1.54, 1.807) is 40.2 Å². The number of aromatic nitrogens is 5. The Balaban J connectivity index is 1.43. The minimum absolute atomic E-state index is 0.198. The number of fused-ring (bicyclic) bond motifs is 1. The third-order valence-electron chi connectivity index (χ3n) is 6.29. The van der Waals surface area contributed by atoms with E-state index in [0.717, 1.165) is 11.3 Å². The molecule has 4 aromatic rings. The Hall–Kier alpha value is -4.13. The second-order valence-corrected chi connectivity index (χ2v) is 8.90. The molecule has 0 aliphatic carbocycles. The van der Waals surface area contributed by atoms with Crippen molar-refractivity contribution in [1.82, 2.24) is 29.4 Å². The van der Waals surface area contributed by atoms with Crippen molar-refractivity contribution >= 4 is 34.4 Å². The zero-order chi connectivity index (χ0) is 26.3. The van der Waals surface area contributed by atoms with Gasteiger partial charge in [0.1, 0.15) is 0 Å². The summed E-state index contributed by atoms with van der Waals surface area (Å²) >= 11 is 0. The molecule has 0 amide bonds. The molecule has 4 heterocycles. The number of carboxylic acid groups (broad SMARTS) is 1. The zero-order valence-electron chi connectivity index (χ0n) is 20.7. The summed E-state index contributed by atoms with van der Waals surface area (Å²) in [4.78, 5) is 38.6. The molecule has 1 aromatic carbocycles. The average Bonchev–Trinajstić information content (AvgIpc) is 3.54. The molecule has 0 spiro atoms. The van der Waals surface area contributed by atoms with E-state index in [2.05, 4.69) is 20.4 Å². The lowest BCUT2D eigenvalue weighted by molar-refractivity contribution is -0.118. The Morgan fingerprint density at radius 1 is 1.27 bits per heavy atom. The van der Waals surface area contributed by atoms with Crippen LogP contribution < -0.4 is 5.32 Å². The van der Waals surface area contributed by atoms with Crippen molar-refractivity contribution in [2.24, 2.45) is 0 Å². The first-order chi connectivity index (χ1) is 17.7. The Morgan fingerprint density at radius 2 is 2.08 bits per heavy atom. The van der Waals surface area contributed by atoms with Gasteiger partial charge in [-0.1, -0.05) is 6.92 Å². The molecule has 1 aliphatic rings. The summed E-state index contributed by atoms with van der Waals surface area (Å²) in [5.41, 5.74) is 3.67. The summed E-state index contributed by atoms with van der Waals surface area (Å²) in [6.45, 7) is 6.38. The van der Waals surface area contributed by atoms with Crippen LogP contribution >= 0.6 is 0 Å². The number of hydroxylamine groups is 2. The van der Waals surface area contributed by atoms with Crippen molar-refractivity contribution in [3.63, 3.8) is 0 Å². The van der Waals surface area contributed by atoms with Gasteiger partial charge in [0.25, 0.3) is 0 Å². The molecule has 12 nitrogen and oxygen atoms in total. The number of hydrogen-bond donors (Lipinski definition) is 3. The van der Waals surface area contributed by atoms with Gasteiger partial charge in [0.15, 0.2) is 11.6 Å². The number of aliphatic hydroxyl groups is 1. The number of rotatable bonds is 7. The van der Waals surface area contributed by atoms with Gasteiger partial charge >= 0.3 is 6.09 Å². The third-order valence-corrected chi connectivity index (χ3v) is 6.29. The number of anilines is 2. The van der Waals surface area contributed by atoms with Crippen molar-refractivity contribution in [3.05, 3.63) is 59.2 Å². The Kier molecular flexibility index (Phi) is 6.46. The molecular weight excluding hydrogens is 478 g/mol. The van der Waals surface area contributed by atoms with Crippen LogP contribution in [-0.4, -0.2) is 70.7 Å². The number of β-amino-alcohol motifs (C(OH)–C–C–N with tert-alkyl or cyclic N) is 1. The van der Waals surface area contributed by atoms with E-state index < -0.39 is 12.2 Å². The molecule has 0 unspecified atom stereocenters. The molecule has 1 saturated heterocycles. The second kappa shape index (κ2) is 9.73. The van der Waals surface area contributed by atoms with E-state index in [-0.39, 0.29) is 12.4 Å². The van der Waals surface area contributed by atoms with E-state index in [4.69, 9.17) is 4.84 Å². The summed E-state index contributed by atoms with van der Waals surface area (Å²) in [6, 6.07) is 6.86. The van der Waals surface area contributed by atoms with E-state index in [1.807, 2.05) is 20.0 Å². The highest BCUT2D eigenvalue weighted by atomic mass is 16.7. The topological polar surface area (TPSA) is 148 Å².